The molecule has 32 rings (SSSR count). The summed E-state index contributed by atoms with van der Waals surface area (Å²) >= 11 is 7.44. The van der Waals surface area contributed by atoms with E-state index >= 15 is 0 Å². The van der Waals surface area contributed by atoms with Crippen molar-refractivity contribution in [1.29, 1.82) is 0 Å². The minimum Gasteiger partial charge on any atom is -0.456 e. The fraction of sp³-hybridized carbons (Fsp3) is 0. The molecule has 0 fully saturated rings. The molecule has 0 spiro atoms. The van der Waals surface area contributed by atoms with E-state index in [9.17, 15) is 0 Å². The van der Waals surface area contributed by atoms with Gasteiger partial charge in [-0.05, 0) is 202 Å². The second-order valence-electron chi connectivity index (χ2n) is 33.5. The van der Waals surface area contributed by atoms with Crippen LogP contribution in [0.15, 0.2) is 350 Å². The number of nitrogens with zero attached hydrogens (tertiary/aromatic N) is 9. The van der Waals surface area contributed by atoms with Gasteiger partial charge in [-0.2, -0.15) is 0 Å². The quantitative estimate of drug-likeness (QED) is 0.174. The van der Waals surface area contributed by atoms with E-state index < -0.39 is 0 Å². The Morgan fingerprint density at radius 2 is 0.524 bits per heavy atom. The molecule has 14 aromatic heterocycles. The Morgan fingerprint density at radius 1 is 0.183 bits per heavy atom. The molecular formula is C112H57N9OS4. The maximum absolute atomic E-state index is 6.15. The van der Waals surface area contributed by atoms with E-state index in [0.717, 1.165) is 116 Å². The molecule has 126 heavy (non-hydrogen) atoms. The van der Waals surface area contributed by atoms with Crippen LogP contribution in [0.1, 0.15) is 0 Å². The third-order valence-electron chi connectivity index (χ3n) is 26.7. The third kappa shape index (κ3) is 9.50. The molecule has 0 aliphatic heterocycles. The van der Waals surface area contributed by atoms with E-state index in [1.807, 2.05) is 112 Å². The van der Waals surface area contributed by atoms with Crippen LogP contribution < -0.4 is 0 Å². The van der Waals surface area contributed by atoms with Crippen LogP contribution in [0.5, 0.6) is 0 Å². The molecule has 0 aliphatic rings. The van der Waals surface area contributed by atoms with Gasteiger partial charge in [-0.1, -0.05) is 188 Å². The van der Waals surface area contributed by atoms with E-state index in [-0.39, 0.29) is 0 Å². The average Bonchev–Trinajstić information content (AvgIpc) is 1.54. The van der Waals surface area contributed by atoms with Crippen molar-refractivity contribution in [2.24, 2.45) is 0 Å². The zero-order chi connectivity index (χ0) is 81.6. The number of furan rings is 1. The molecule has 0 saturated heterocycles. The molecule has 0 saturated carbocycles. The van der Waals surface area contributed by atoms with Crippen LogP contribution in [0, 0.1) is 0 Å². The van der Waals surface area contributed by atoms with Crippen LogP contribution in [-0.4, -0.2) is 43.1 Å². The van der Waals surface area contributed by atoms with Crippen LogP contribution in [-0.2, 0) is 0 Å². The van der Waals surface area contributed by atoms with Crippen molar-refractivity contribution in [3.8, 4) is 33.4 Å². The number of hydrogen-bond donors (Lipinski definition) is 0. The lowest BCUT2D eigenvalue weighted by molar-refractivity contribution is 0.669. The highest BCUT2D eigenvalue weighted by molar-refractivity contribution is 7.27. The van der Waals surface area contributed by atoms with Crippen molar-refractivity contribution >= 4 is 307 Å². The van der Waals surface area contributed by atoms with E-state index in [1.165, 1.54) is 179 Å². The Morgan fingerprint density at radius 3 is 1.08 bits per heavy atom. The summed E-state index contributed by atoms with van der Waals surface area (Å²) in [4.78, 5) is 31.0. The van der Waals surface area contributed by atoms with Gasteiger partial charge in [0, 0.05) is 140 Å². The maximum atomic E-state index is 6.15. The fourth-order valence-electron chi connectivity index (χ4n) is 20.9. The van der Waals surface area contributed by atoms with Crippen LogP contribution in [0.4, 0.5) is 0 Å². The van der Waals surface area contributed by atoms with Crippen LogP contribution in [0.3, 0.4) is 0 Å². The zero-order valence-corrected chi connectivity index (χ0v) is 69.7. The van der Waals surface area contributed by atoms with Gasteiger partial charge in [0.1, 0.15) is 27.7 Å². The Bertz CT molecular complexity index is 10100. The highest BCUT2D eigenvalue weighted by Gasteiger charge is 2.28. The van der Waals surface area contributed by atoms with Crippen molar-refractivity contribution in [2.45, 2.75) is 0 Å². The number of thiophene rings is 4. The number of fused-ring (bicyclic) bond motifs is 37. The molecule has 0 radical (unpaired) electrons. The first-order valence-electron chi connectivity index (χ1n) is 42.3. The van der Waals surface area contributed by atoms with Crippen LogP contribution in [0.25, 0.3) is 295 Å². The van der Waals surface area contributed by atoms with Gasteiger partial charge < -0.3 is 4.42 Å². The van der Waals surface area contributed by atoms with Gasteiger partial charge in [-0.3, -0.25) is 13.2 Å². The summed E-state index contributed by atoms with van der Waals surface area (Å²) in [7, 11) is 0. The molecule has 0 bridgehead atoms. The SMILES string of the molecule is c1ccc2cc(-c3ccc4c(c3)sc3cc5c(cc34)c3cccc4c6nc7ccccc7nc6n5c34)ccc2c1.c1ccc2nc3c(nc2c1)c1cc(-c2ccc4oc5ccccc5c4c2)cc2c4cc5c(cc4n3c21)sc1ccccc15.c1ccc2nc3c(nc2c1)c1cc(-c2ccc4sc5ccccc5c4c2)cc2c4cc5c(cc4n3c21)sc1ccccc15. The van der Waals surface area contributed by atoms with Gasteiger partial charge in [0.05, 0.1) is 66.2 Å². The molecule has 32 aromatic rings. The van der Waals surface area contributed by atoms with Gasteiger partial charge in [0.2, 0.25) is 0 Å². The van der Waals surface area contributed by atoms with Gasteiger partial charge >= 0.3 is 0 Å². The van der Waals surface area contributed by atoms with Crippen molar-refractivity contribution in [3.63, 3.8) is 0 Å². The summed E-state index contributed by atoms with van der Waals surface area (Å²) < 4.78 is 23.6. The first-order valence-corrected chi connectivity index (χ1v) is 45.6. The van der Waals surface area contributed by atoms with E-state index in [2.05, 4.69) is 292 Å². The normalized spacial score (nSPS) is 12.6. The Hall–Kier alpha value is -15.7. The minimum atomic E-state index is 0.904. The molecule has 0 atom stereocenters. The van der Waals surface area contributed by atoms with Crippen molar-refractivity contribution in [3.05, 3.63) is 346 Å². The number of aromatic nitrogens is 9. The maximum Gasteiger partial charge on any atom is 0.165 e. The predicted octanol–water partition coefficient (Wildman–Crippen LogP) is 31.9. The molecule has 10 nitrogen and oxygen atoms in total. The molecular weight excluding hydrogens is 1620 g/mol. The molecule has 14 heteroatoms. The Kier molecular flexibility index (Phi) is 13.5. The number of hydrogen-bond acceptors (Lipinski definition) is 11. The van der Waals surface area contributed by atoms with Gasteiger partial charge in [-0.15, -0.1) is 45.3 Å². The van der Waals surface area contributed by atoms with E-state index in [0.29, 0.717) is 0 Å². The van der Waals surface area contributed by atoms with Crippen LogP contribution >= 0.6 is 45.3 Å². The average molecular weight is 1670 g/mol. The van der Waals surface area contributed by atoms with Gasteiger partial charge in [0.15, 0.2) is 16.9 Å². The molecule has 0 N–H and O–H groups in total. The second-order valence-corrected chi connectivity index (χ2v) is 37.8. The molecule has 18 aromatic carbocycles. The smallest absolute Gasteiger partial charge is 0.165 e. The minimum absolute atomic E-state index is 0.904. The first-order chi connectivity index (χ1) is 62.4. The van der Waals surface area contributed by atoms with E-state index in [1.54, 1.807) is 0 Å². The van der Waals surface area contributed by atoms with Gasteiger partial charge in [0.25, 0.3) is 0 Å². The zero-order valence-electron chi connectivity index (χ0n) is 66.5. The summed E-state index contributed by atoms with van der Waals surface area (Å²) in [6.07, 6.45) is 0. The van der Waals surface area contributed by atoms with Crippen LogP contribution in [0.2, 0.25) is 0 Å². The lowest BCUT2D eigenvalue weighted by atomic mass is 9.98. The summed E-state index contributed by atoms with van der Waals surface area (Å²) in [5, 5.41) is 26.2. The highest BCUT2D eigenvalue weighted by Crippen LogP contribution is 2.51. The van der Waals surface area contributed by atoms with E-state index in [4.69, 9.17) is 34.3 Å². The molecule has 0 unspecified atom stereocenters. The summed E-state index contributed by atoms with van der Waals surface area (Å²) in [5.41, 5.74) is 27.4. The Labute approximate surface area is 727 Å². The summed E-state index contributed by atoms with van der Waals surface area (Å²) in [6, 6.07) is 125. The highest BCUT2D eigenvalue weighted by atomic mass is 32.1. The predicted molar refractivity (Wildman–Crippen MR) is 535 cm³/mol. The summed E-state index contributed by atoms with van der Waals surface area (Å²) in [6.45, 7) is 0. The van der Waals surface area contributed by atoms with Crippen molar-refractivity contribution < 1.29 is 4.42 Å². The van der Waals surface area contributed by atoms with Gasteiger partial charge in [-0.25, -0.2) is 29.9 Å². The van der Waals surface area contributed by atoms with Crippen molar-refractivity contribution in [2.75, 3.05) is 0 Å². The molecule has 0 aliphatic carbocycles. The molecule has 580 valence electrons. The third-order valence-corrected chi connectivity index (χ3v) is 31.2. The Balaban J connectivity index is 0.0000000923. The lowest BCUT2D eigenvalue weighted by Crippen LogP contribution is -1.88. The molecule has 14 heterocycles. The first kappa shape index (κ1) is 67.9. The topological polar surface area (TPSA) is 104 Å². The monoisotopic (exact) mass is 1670 g/mol. The fourth-order valence-corrected chi connectivity index (χ4v) is 25.4. The number of benzene rings is 18. The number of para-hydroxylation sites is 8. The standard InChI is InChI=1S/C38H19N3OS.C38H19N3S2.C36H19N3S/c1-5-11-32-22(7-1)25-15-20(13-14-33(25)42-32)21-16-27-24-18-26-23-8-2-6-12-34(23)43-35(26)19-31(24)41-37(27)28(17-21)36-38(41)40-30-10-4-3-9-29(30)39-36;1-5-11-32-22(7-1)25-15-20(13-14-34(25)42-32)21-16-27-24-18-26-23-8-2-6-12-33(23)43-35(26)19-31(24)41-37(27)28(17-21)36-38(41)40-30-10-4-3-9-29(30)39-36;1-2-7-21-16-22(13-12-20(21)6-1)23-14-15-24-28-18-27-25-8-5-9-26-34-36(38-30-11-4-3-10-29(30)37-34)39(35(25)26)31(27)19-33(28)40-32(24)17-23/h2*1-19H;1-19H. The van der Waals surface area contributed by atoms with Crippen molar-refractivity contribution in [1.82, 2.24) is 43.1 Å². The summed E-state index contributed by atoms with van der Waals surface area (Å²) in [5.74, 6) is 0. The second kappa shape index (κ2) is 25.0. The number of rotatable bonds is 3. The molecule has 0 amide bonds. The lowest BCUT2D eigenvalue weighted by Gasteiger charge is -2.05. The largest absolute Gasteiger partial charge is 0.456 e.